The number of aliphatic hydroxyl groups is 1. The Morgan fingerprint density at radius 2 is 2.50 bits per heavy atom. The number of hydrogen-bond acceptors (Lipinski definition) is 6. The molecule has 7 heteroatoms. The van der Waals surface area contributed by atoms with Gasteiger partial charge in [0, 0.05) is 0 Å². The Labute approximate surface area is 56.8 Å². The maximum atomic E-state index is 8.43. The van der Waals surface area contributed by atoms with E-state index in [1.54, 1.807) is 0 Å². The van der Waals surface area contributed by atoms with Gasteiger partial charge in [-0.2, -0.15) is 0 Å². The topological polar surface area (TPSA) is 104 Å². The smallest absolute Gasteiger partial charge is 0.257 e. The summed E-state index contributed by atoms with van der Waals surface area (Å²) in [7, 11) is 0. The van der Waals surface area contributed by atoms with Crippen molar-refractivity contribution < 1.29 is 5.11 Å². The average Bonchev–Trinajstić information content (AvgIpc) is 2.38. The summed E-state index contributed by atoms with van der Waals surface area (Å²) >= 11 is 0. The van der Waals surface area contributed by atoms with Crippen LogP contribution in [-0.2, 0) is 0 Å². The first-order chi connectivity index (χ1) is 4.84. The highest BCUT2D eigenvalue weighted by Gasteiger charge is 2.02. The summed E-state index contributed by atoms with van der Waals surface area (Å²) < 4.78 is 0. The van der Waals surface area contributed by atoms with Gasteiger partial charge in [0.1, 0.15) is 0 Å². The summed E-state index contributed by atoms with van der Waals surface area (Å²) in [5, 5.41) is 22.2. The van der Waals surface area contributed by atoms with Crippen molar-refractivity contribution in [2.45, 2.75) is 0 Å². The van der Waals surface area contributed by atoms with Gasteiger partial charge in [-0.05, 0) is 10.4 Å². The normalized spacial score (nSPS) is 9.80. The number of aromatic nitrogens is 4. The van der Waals surface area contributed by atoms with Crippen molar-refractivity contribution >= 4 is 5.95 Å². The second-order valence-electron chi connectivity index (χ2n) is 1.64. The van der Waals surface area contributed by atoms with Crippen molar-refractivity contribution in [1.82, 2.24) is 20.6 Å². The zero-order chi connectivity index (χ0) is 7.40. The summed E-state index contributed by atoms with van der Waals surface area (Å²) in [4.78, 5) is 0. The van der Waals surface area contributed by atoms with E-state index in [0.29, 0.717) is 12.5 Å². The van der Waals surface area contributed by atoms with Crippen LogP contribution in [0, 0.1) is 0 Å². The van der Waals surface area contributed by atoms with E-state index < -0.39 is 0 Å². The van der Waals surface area contributed by atoms with Gasteiger partial charge < -0.3 is 5.11 Å². The molecule has 0 aliphatic rings. The van der Waals surface area contributed by atoms with Gasteiger partial charge >= 0.3 is 0 Å². The van der Waals surface area contributed by atoms with Crippen LogP contribution in [0.1, 0.15) is 0 Å². The van der Waals surface area contributed by atoms with Crippen molar-refractivity contribution in [3.63, 3.8) is 0 Å². The molecule has 1 aromatic rings. The Bertz CT molecular complexity index is 173. The second kappa shape index (κ2) is 3.08. The number of anilines is 1. The van der Waals surface area contributed by atoms with Crippen molar-refractivity contribution in [3.8, 4) is 0 Å². The number of nitrogens with zero attached hydrogens (tertiary/aromatic N) is 4. The Kier molecular flexibility index (Phi) is 2.13. The predicted molar refractivity (Wildman–Crippen MR) is 32.8 cm³/mol. The molecule has 0 saturated carbocycles. The van der Waals surface area contributed by atoms with E-state index in [0.717, 1.165) is 0 Å². The third-order valence-electron chi connectivity index (χ3n) is 0.947. The minimum absolute atomic E-state index is 0.0306. The summed E-state index contributed by atoms with van der Waals surface area (Å²) in [5.74, 6) is 5.69. The van der Waals surface area contributed by atoms with E-state index >= 15 is 0 Å². The average molecular weight is 144 g/mol. The Morgan fingerprint density at radius 3 is 3.00 bits per heavy atom. The lowest BCUT2D eigenvalue weighted by atomic mass is 10.7. The van der Waals surface area contributed by atoms with Crippen LogP contribution in [0.3, 0.4) is 0 Å². The fraction of sp³-hybridized carbons (Fsp3) is 0.667. The van der Waals surface area contributed by atoms with Crippen LogP contribution in [-0.4, -0.2) is 38.9 Å². The quantitative estimate of drug-likeness (QED) is 0.331. The van der Waals surface area contributed by atoms with E-state index in [1.165, 1.54) is 5.01 Å². The highest BCUT2D eigenvalue weighted by Crippen LogP contribution is 1.93. The van der Waals surface area contributed by atoms with Gasteiger partial charge in [0.2, 0.25) is 0 Å². The van der Waals surface area contributed by atoms with Gasteiger partial charge in [0.05, 0.1) is 13.2 Å². The number of nitrogens with two attached hydrogens (primary N) is 1. The maximum Gasteiger partial charge on any atom is 0.257 e. The number of hydrazine groups is 1. The van der Waals surface area contributed by atoms with Gasteiger partial charge in [-0.25, -0.2) is 10.9 Å². The molecular formula is C3H8N6O. The van der Waals surface area contributed by atoms with Crippen LogP contribution >= 0.6 is 0 Å². The number of H-pyrrole nitrogens is 1. The minimum atomic E-state index is -0.0306. The van der Waals surface area contributed by atoms with E-state index in [2.05, 4.69) is 20.6 Å². The molecule has 0 aliphatic carbocycles. The molecule has 1 heterocycles. The lowest BCUT2D eigenvalue weighted by Gasteiger charge is -2.10. The number of nitrogens with one attached hydrogen (secondary N) is 1. The van der Waals surface area contributed by atoms with Crippen molar-refractivity contribution in [2.24, 2.45) is 5.84 Å². The lowest BCUT2D eigenvalue weighted by molar-refractivity contribution is 0.301. The number of hydrogen-bond donors (Lipinski definition) is 3. The largest absolute Gasteiger partial charge is 0.394 e. The Hall–Kier alpha value is -1.21. The van der Waals surface area contributed by atoms with Gasteiger partial charge in [-0.1, -0.05) is 5.10 Å². The molecule has 0 bridgehead atoms. The summed E-state index contributed by atoms with van der Waals surface area (Å²) in [6.45, 7) is 0.272. The van der Waals surface area contributed by atoms with E-state index in [1.807, 2.05) is 0 Å². The molecule has 0 atom stereocenters. The van der Waals surface area contributed by atoms with Crippen LogP contribution in [0.5, 0.6) is 0 Å². The van der Waals surface area contributed by atoms with Crippen LogP contribution in [0.2, 0.25) is 0 Å². The van der Waals surface area contributed by atoms with Crippen LogP contribution in [0.25, 0.3) is 0 Å². The highest BCUT2D eigenvalue weighted by molar-refractivity contribution is 5.21. The van der Waals surface area contributed by atoms with Crippen molar-refractivity contribution in [2.75, 3.05) is 18.2 Å². The molecule has 1 rings (SSSR count). The van der Waals surface area contributed by atoms with Gasteiger partial charge in [0.15, 0.2) is 0 Å². The molecule has 56 valence electrons. The molecule has 4 N–H and O–H groups in total. The fourth-order valence-corrected chi connectivity index (χ4v) is 0.489. The lowest BCUT2D eigenvalue weighted by Crippen LogP contribution is -2.34. The summed E-state index contributed by atoms with van der Waals surface area (Å²) in [6.07, 6.45) is 0. The molecule has 0 radical (unpaired) electrons. The zero-order valence-corrected chi connectivity index (χ0v) is 5.23. The third-order valence-corrected chi connectivity index (χ3v) is 0.947. The number of rotatable bonds is 3. The Morgan fingerprint density at radius 1 is 1.70 bits per heavy atom. The van der Waals surface area contributed by atoms with Crippen molar-refractivity contribution in [3.05, 3.63) is 0 Å². The Balaban J connectivity index is 2.50. The molecular weight excluding hydrogens is 136 g/mol. The molecule has 0 spiro atoms. The molecule has 0 aliphatic heterocycles. The van der Waals surface area contributed by atoms with Gasteiger partial charge in [-0.3, -0.25) is 5.01 Å². The molecule has 0 fully saturated rings. The number of tetrazole rings is 1. The highest BCUT2D eigenvalue weighted by atomic mass is 16.3. The number of aliphatic hydroxyl groups excluding tert-OH is 1. The molecule has 7 nitrogen and oxygen atoms in total. The molecule has 10 heavy (non-hydrogen) atoms. The molecule has 0 aromatic carbocycles. The first-order valence-electron chi connectivity index (χ1n) is 2.71. The predicted octanol–water partition coefficient (Wildman–Crippen LogP) is -2.13. The summed E-state index contributed by atoms with van der Waals surface area (Å²) in [6, 6.07) is 0. The van der Waals surface area contributed by atoms with Crippen LogP contribution in [0.4, 0.5) is 5.95 Å². The second-order valence-corrected chi connectivity index (χ2v) is 1.64. The van der Waals surface area contributed by atoms with Gasteiger partial charge in [0.25, 0.3) is 5.95 Å². The zero-order valence-electron chi connectivity index (χ0n) is 5.23. The van der Waals surface area contributed by atoms with Crippen LogP contribution in [0.15, 0.2) is 0 Å². The first-order valence-corrected chi connectivity index (χ1v) is 2.71. The molecule has 0 unspecified atom stereocenters. The van der Waals surface area contributed by atoms with E-state index in [9.17, 15) is 0 Å². The standard InChI is InChI=1S/C3H8N6O/c4-9(1-2-10)3-5-7-8-6-3/h10H,1-2,4H2,(H,5,6,7,8). The molecule has 0 saturated heterocycles. The number of aromatic amines is 1. The first kappa shape index (κ1) is 6.90. The molecule has 0 amide bonds. The fourth-order valence-electron chi connectivity index (χ4n) is 0.489. The third kappa shape index (κ3) is 1.39. The molecule has 1 aromatic heterocycles. The van der Waals surface area contributed by atoms with Crippen molar-refractivity contribution in [1.29, 1.82) is 0 Å². The minimum Gasteiger partial charge on any atom is -0.394 e. The van der Waals surface area contributed by atoms with Crippen LogP contribution < -0.4 is 10.9 Å². The summed E-state index contributed by atoms with van der Waals surface area (Å²) in [5.41, 5.74) is 0. The van der Waals surface area contributed by atoms with Gasteiger partial charge in [-0.15, -0.1) is 0 Å². The maximum absolute atomic E-state index is 8.43. The van der Waals surface area contributed by atoms with E-state index in [4.69, 9.17) is 10.9 Å². The van der Waals surface area contributed by atoms with E-state index in [-0.39, 0.29) is 6.61 Å². The SMILES string of the molecule is NN(CCO)c1nnn[nH]1. The monoisotopic (exact) mass is 144 g/mol.